The van der Waals surface area contributed by atoms with Crippen LogP contribution in [-0.4, -0.2) is 105 Å². The number of rotatable bonds is 4. The smallest absolute Gasteiger partial charge is 0.285 e. The average molecular weight is 725 g/mol. The van der Waals surface area contributed by atoms with Gasteiger partial charge in [0.05, 0.1) is 35.3 Å². The fourth-order valence-electron chi connectivity index (χ4n) is 7.09. The molecule has 2 atom stereocenters. The third-order valence-corrected chi connectivity index (χ3v) is 9.68. The molecular formula is C32H36N8O12. The number of hydrogen-bond acceptors (Lipinski definition) is 16. The van der Waals surface area contributed by atoms with E-state index in [9.17, 15) is 29.8 Å². The summed E-state index contributed by atoms with van der Waals surface area (Å²) in [5.74, 6) is -2.14. The summed E-state index contributed by atoms with van der Waals surface area (Å²) in [4.78, 5) is 50.4. The molecule has 0 radical (unpaired) electrons. The molecule has 4 fully saturated rings. The number of anilines is 2. The molecule has 0 unspecified atom stereocenters. The minimum atomic E-state index is -0.618. The van der Waals surface area contributed by atoms with E-state index in [1.54, 1.807) is 9.80 Å². The number of nitrogens with zero attached hydrogens (tertiary/aromatic N) is 6. The van der Waals surface area contributed by atoms with Crippen molar-refractivity contribution in [3.8, 4) is 0 Å². The fourth-order valence-corrected chi connectivity index (χ4v) is 7.09. The van der Waals surface area contributed by atoms with Crippen molar-refractivity contribution in [3.63, 3.8) is 0 Å². The molecule has 4 aromatic rings. The zero-order valence-corrected chi connectivity index (χ0v) is 28.3. The quantitative estimate of drug-likeness (QED) is 0.225. The zero-order valence-electron chi connectivity index (χ0n) is 28.3. The normalized spacial score (nSPS) is 22.2. The monoisotopic (exact) mass is 724 g/mol. The average Bonchev–Trinajstić information content (AvgIpc) is 3.90. The standard InChI is InChI=1S/2C16H18N4O6/c2*1-9-8-24-16(25-9)2-4-19(5-3-16)15(21)10-6-11-13(14(17)26-18-11)12(7-10)20(22)23/h2*6-7,9H,2-5,8,17H2,1H3/t2*9-/m00/s1. The molecule has 20 heteroatoms. The van der Waals surface area contributed by atoms with Gasteiger partial charge in [-0.3, -0.25) is 29.8 Å². The van der Waals surface area contributed by atoms with Crippen LogP contribution in [0.25, 0.3) is 21.8 Å². The summed E-state index contributed by atoms with van der Waals surface area (Å²) in [6.07, 6.45) is 2.32. The molecule has 4 aliphatic heterocycles. The summed E-state index contributed by atoms with van der Waals surface area (Å²) in [5.41, 5.74) is 11.3. The van der Waals surface area contributed by atoms with E-state index in [-0.39, 0.29) is 80.1 Å². The molecule has 2 amide bonds. The number of amides is 2. The van der Waals surface area contributed by atoms with Crippen LogP contribution in [0.5, 0.6) is 0 Å². The van der Waals surface area contributed by atoms with Crippen molar-refractivity contribution in [2.45, 2.75) is 63.3 Å². The van der Waals surface area contributed by atoms with Gasteiger partial charge in [-0.25, -0.2) is 0 Å². The molecule has 6 heterocycles. The van der Waals surface area contributed by atoms with Crippen molar-refractivity contribution >= 4 is 56.8 Å². The summed E-state index contributed by atoms with van der Waals surface area (Å²) >= 11 is 0. The van der Waals surface area contributed by atoms with Crippen LogP contribution < -0.4 is 11.5 Å². The predicted octanol–water partition coefficient (Wildman–Crippen LogP) is 3.37. The first-order valence-electron chi connectivity index (χ1n) is 16.7. The lowest BCUT2D eigenvalue weighted by molar-refractivity contribution is -0.383. The number of ether oxygens (including phenoxy) is 4. The fraction of sp³-hybridized carbons (Fsp3) is 0.500. The van der Waals surface area contributed by atoms with Gasteiger partial charge in [0, 0.05) is 75.1 Å². The molecule has 4 saturated heterocycles. The van der Waals surface area contributed by atoms with E-state index >= 15 is 0 Å². The lowest BCUT2D eigenvalue weighted by Gasteiger charge is -2.37. The first-order chi connectivity index (χ1) is 24.8. The maximum absolute atomic E-state index is 12.8. The summed E-state index contributed by atoms with van der Waals surface area (Å²) in [6, 6.07) is 5.35. The second-order valence-corrected chi connectivity index (χ2v) is 13.3. The molecule has 2 aromatic heterocycles. The number of non-ortho nitro benzene ring substituents is 2. The molecule has 0 aliphatic carbocycles. The number of nitro groups is 2. The van der Waals surface area contributed by atoms with E-state index in [0.29, 0.717) is 65.1 Å². The van der Waals surface area contributed by atoms with Crippen LogP contribution in [0.3, 0.4) is 0 Å². The second-order valence-electron chi connectivity index (χ2n) is 13.3. The highest BCUT2D eigenvalue weighted by atomic mass is 16.7. The summed E-state index contributed by atoms with van der Waals surface area (Å²) in [5, 5.41) is 30.3. The van der Waals surface area contributed by atoms with Gasteiger partial charge in [0.2, 0.25) is 11.8 Å². The Morgan fingerprint density at radius 1 is 0.712 bits per heavy atom. The Morgan fingerprint density at radius 3 is 1.38 bits per heavy atom. The molecule has 0 bridgehead atoms. The van der Waals surface area contributed by atoms with Crippen LogP contribution in [0, 0.1) is 20.2 Å². The van der Waals surface area contributed by atoms with Crippen LogP contribution in [0.1, 0.15) is 60.2 Å². The van der Waals surface area contributed by atoms with Crippen LogP contribution in [0.15, 0.2) is 33.3 Å². The van der Waals surface area contributed by atoms with Crippen LogP contribution in [0.2, 0.25) is 0 Å². The number of carbonyl (C=O) groups is 2. The maximum Gasteiger partial charge on any atom is 0.285 e. The molecule has 2 aromatic carbocycles. The number of aromatic nitrogens is 2. The van der Waals surface area contributed by atoms with Crippen LogP contribution >= 0.6 is 0 Å². The number of nitrogens with two attached hydrogens (primary N) is 2. The predicted molar refractivity (Wildman–Crippen MR) is 179 cm³/mol. The molecular weight excluding hydrogens is 688 g/mol. The Labute approximate surface area is 294 Å². The van der Waals surface area contributed by atoms with Gasteiger partial charge < -0.3 is 49.3 Å². The number of hydrogen-bond donors (Lipinski definition) is 2. The largest absolute Gasteiger partial charge is 0.367 e. The van der Waals surface area contributed by atoms with Gasteiger partial charge in [-0.1, -0.05) is 10.3 Å². The van der Waals surface area contributed by atoms with Crippen LogP contribution in [0.4, 0.5) is 23.1 Å². The SMILES string of the molecule is C[C@H]1COC2(CCN(C(=O)c3cc([N+](=O)[O-])c4c(N)onc4c3)CC2)O1.C[C@H]1COC2(CCN(C(=O)c3cc([N+](=O)[O-])c4c(N)onc4c3)CC2)O1. The Kier molecular flexibility index (Phi) is 8.93. The lowest BCUT2D eigenvalue weighted by Crippen LogP contribution is -2.47. The first kappa shape index (κ1) is 35.0. The van der Waals surface area contributed by atoms with E-state index in [2.05, 4.69) is 10.3 Å². The van der Waals surface area contributed by atoms with Gasteiger partial charge in [-0.2, -0.15) is 0 Å². The van der Waals surface area contributed by atoms with Crippen LogP contribution in [-0.2, 0) is 18.9 Å². The van der Waals surface area contributed by atoms with Gasteiger partial charge in [0.15, 0.2) is 11.6 Å². The van der Waals surface area contributed by atoms with Gasteiger partial charge in [0.1, 0.15) is 21.8 Å². The topological polar surface area (TPSA) is 268 Å². The number of piperidine rings is 2. The Hall–Kier alpha value is -5.44. The highest BCUT2D eigenvalue weighted by molar-refractivity contribution is 6.04. The van der Waals surface area contributed by atoms with E-state index in [1.807, 2.05) is 13.8 Å². The third kappa shape index (κ3) is 6.44. The molecule has 4 N–H and O–H groups in total. The molecule has 8 rings (SSSR count). The van der Waals surface area contributed by atoms with Crippen molar-refractivity contribution in [1.29, 1.82) is 0 Å². The Morgan fingerprint density at radius 2 is 1.08 bits per heavy atom. The first-order valence-corrected chi connectivity index (χ1v) is 16.7. The number of benzene rings is 2. The molecule has 2 spiro atoms. The zero-order chi connectivity index (χ0) is 36.9. The molecule has 4 aliphatic rings. The summed E-state index contributed by atoms with van der Waals surface area (Å²) in [6.45, 7) is 6.76. The molecule has 52 heavy (non-hydrogen) atoms. The number of nitro benzene ring substituents is 2. The molecule has 0 saturated carbocycles. The maximum atomic E-state index is 12.8. The highest BCUT2D eigenvalue weighted by Crippen LogP contribution is 2.38. The van der Waals surface area contributed by atoms with Crippen molar-refractivity contribution in [2.24, 2.45) is 0 Å². The van der Waals surface area contributed by atoms with E-state index in [1.165, 1.54) is 24.3 Å². The number of carbonyl (C=O) groups excluding carboxylic acids is 2. The van der Waals surface area contributed by atoms with Crippen molar-refractivity contribution in [1.82, 2.24) is 20.1 Å². The van der Waals surface area contributed by atoms with Crippen molar-refractivity contribution < 1.29 is 47.4 Å². The minimum Gasteiger partial charge on any atom is -0.367 e. The third-order valence-electron chi connectivity index (χ3n) is 9.68. The second kappa shape index (κ2) is 13.3. The number of nitrogen functional groups attached to an aromatic ring is 2. The highest BCUT2D eigenvalue weighted by Gasteiger charge is 2.45. The number of fused-ring (bicyclic) bond motifs is 2. The van der Waals surface area contributed by atoms with E-state index < -0.39 is 21.4 Å². The summed E-state index contributed by atoms with van der Waals surface area (Å²) in [7, 11) is 0. The lowest BCUT2D eigenvalue weighted by atomic mass is 10.0. The molecule has 20 nitrogen and oxygen atoms in total. The van der Waals surface area contributed by atoms with E-state index in [4.69, 9.17) is 39.5 Å². The van der Waals surface area contributed by atoms with E-state index in [0.717, 1.165) is 0 Å². The Bertz CT molecular complexity index is 1920. The van der Waals surface area contributed by atoms with Gasteiger partial charge >= 0.3 is 0 Å². The Balaban J connectivity index is 0.000000162. The minimum absolute atomic E-state index is 0.0416. The van der Waals surface area contributed by atoms with Gasteiger partial charge in [0.25, 0.3) is 23.2 Å². The van der Waals surface area contributed by atoms with Gasteiger partial charge in [-0.15, -0.1) is 0 Å². The van der Waals surface area contributed by atoms with Gasteiger partial charge in [-0.05, 0) is 26.0 Å². The number of likely N-dealkylation sites (tertiary alicyclic amines) is 2. The van der Waals surface area contributed by atoms with Crippen molar-refractivity contribution in [3.05, 3.63) is 55.6 Å². The van der Waals surface area contributed by atoms with Crippen molar-refractivity contribution in [2.75, 3.05) is 50.9 Å². The summed E-state index contributed by atoms with van der Waals surface area (Å²) < 4.78 is 32.9. The molecule has 276 valence electrons.